The highest BCUT2D eigenvalue weighted by Gasteiger charge is 2.41. The van der Waals surface area contributed by atoms with Crippen LogP contribution in [-0.2, 0) is 4.84 Å². The molecule has 0 aromatic carbocycles. The average molecular weight is 237 g/mol. The van der Waals surface area contributed by atoms with Gasteiger partial charge in [0.15, 0.2) is 0 Å². The zero-order valence-corrected chi connectivity index (χ0v) is 11.8. The minimum absolute atomic E-state index is 0.0131. The third-order valence-corrected chi connectivity index (χ3v) is 4.02. The number of rotatable bonds is 2. The van der Waals surface area contributed by atoms with Crippen LogP contribution in [0.15, 0.2) is 12.2 Å². The van der Waals surface area contributed by atoms with Crippen molar-refractivity contribution >= 4 is 0 Å². The van der Waals surface area contributed by atoms with Crippen molar-refractivity contribution in [2.45, 2.75) is 83.4 Å². The van der Waals surface area contributed by atoms with Gasteiger partial charge in [0.2, 0.25) is 0 Å². The largest absolute Gasteiger partial charge is 0.294 e. The van der Waals surface area contributed by atoms with E-state index in [1.165, 1.54) is 32.1 Å². The third kappa shape index (κ3) is 2.92. The Morgan fingerprint density at radius 1 is 1.06 bits per heavy atom. The van der Waals surface area contributed by atoms with Gasteiger partial charge in [-0.25, -0.2) is 0 Å². The second-order valence-corrected chi connectivity index (χ2v) is 6.73. The van der Waals surface area contributed by atoms with Crippen LogP contribution in [0.3, 0.4) is 0 Å². The van der Waals surface area contributed by atoms with E-state index in [1.54, 1.807) is 0 Å². The van der Waals surface area contributed by atoms with Gasteiger partial charge >= 0.3 is 0 Å². The molecule has 0 saturated heterocycles. The third-order valence-electron chi connectivity index (χ3n) is 4.02. The van der Waals surface area contributed by atoms with Gasteiger partial charge in [0, 0.05) is 5.54 Å². The molecule has 98 valence electrons. The highest BCUT2D eigenvalue weighted by molar-refractivity contribution is 5.10. The molecule has 2 heteroatoms. The summed E-state index contributed by atoms with van der Waals surface area (Å²) in [6.45, 7) is 9.04. The van der Waals surface area contributed by atoms with E-state index in [1.807, 2.05) is 0 Å². The summed E-state index contributed by atoms with van der Waals surface area (Å²) in [5, 5.41) is 2.25. The van der Waals surface area contributed by atoms with Crippen molar-refractivity contribution in [3.05, 3.63) is 12.2 Å². The lowest BCUT2D eigenvalue weighted by Crippen LogP contribution is -2.57. The molecule has 0 unspecified atom stereocenters. The predicted octanol–water partition coefficient (Wildman–Crippen LogP) is 4.07. The summed E-state index contributed by atoms with van der Waals surface area (Å²) >= 11 is 0. The predicted molar refractivity (Wildman–Crippen MR) is 71.7 cm³/mol. The zero-order chi connectivity index (χ0) is 12.5. The average Bonchev–Trinajstić information content (AvgIpc) is 2.25. The number of hydroxylamine groups is 2. The lowest BCUT2D eigenvalue weighted by Gasteiger charge is -2.50. The number of nitrogens with zero attached hydrogens (tertiary/aromatic N) is 1. The van der Waals surface area contributed by atoms with Crippen molar-refractivity contribution in [1.29, 1.82) is 0 Å². The van der Waals surface area contributed by atoms with E-state index < -0.39 is 0 Å². The summed E-state index contributed by atoms with van der Waals surface area (Å²) in [6, 6.07) is 0. The Labute approximate surface area is 106 Å². The van der Waals surface area contributed by atoms with Gasteiger partial charge < -0.3 is 0 Å². The van der Waals surface area contributed by atoms with Gasteiger partial charge in [0.1, 0.15) is 0 Å². The van der Waals surface area contributed by atoms with Gasteiger partial charge in [-0.3, -0.25) is 4.84 Å². The molecule has 2 nitrogen and oxygen atoms in total. The molecule has 1 aliphatic heterocycles. The first-order chi connectivity index (χ1) is 7.92. The van der Waals surface area contributed by atoms with Crippen LogP contribution < -0.4 is 0 Å². The first-order valence-corrected chi connectivity index (χ1v) is 7.07. The van der Waals surface area contributed by atoms with Gasteiger partial charge in [-0.1, -0.05) is 31.4 Å². The van der Waals surface area contributed by atoms with Crippen LogP contribution in [0.4, 0.5) is 0 Å². The Kier molecular flexibility index (Phi) is 3.65. The summed E-state index contributed by atoms with van der Waals surface area (Å²) in [5.74, 6) is 0. The van der Waals surface area contributed by atoms with Crippen molar-refractivity contribution < 1.29 is 4.84 Å². The van der Waals surface area contributed by atoms with Crippen LogP contribution in [0.5, 0.6) is 0 Å². The Bertz CT molecular complexity index is 287. The number of hydrogen-bond acceptors (Lipinski definition) is 2. The molecule has 0 aromatic heterocycles. The fourth-order valence-corrected chi connectivity index (χ4v) is 3.16. The van der Waals surface area contributed by atoms with E-state index in [9.17, 15) is 0 Å². The maximum atomic E-state index is 6.34. The fraction of sp³-hybridized carbons (Fsp3) is 0.867. The van der Waals surface area contributed by atoms with Gasteiger partial charge in [-0.05, 0) is 47.0 Å². The molecule has 0 spiro atoms. The molecule has 1 aliphatic carbocycles. The molecule has 2 rings (SSSR count). The minimum atomic E-state index is 0.0131. The zero-order valence-electron chi connectivity index (χ0n) is 11.8. The summed E-state index contributed by atoms with van der Waals surface area (Å²) in [4.78, 5) is 6.34. The standard InChI is InChI=1S/C15H27NO/c1-14(2)11-8-12-15(3,4)16(14)17-13-9-6-5-7-10-13/h8,11,13H,5-7,9-10,12H2,1-4H3. The van der Waals surface area contributed by atoms with Gasteiger partial charge in [0.25, 0.3) is 0 Å². The molecular weight excluding hydrogens is 210 g/mol. The molecule has 0 amide bonds. The molecule has 1 fully saturated rings. The SMILES string of the molecule is CC1(C)C=CCC(C)(C)N1OC1CCCCC1. The van der Waals surface area contributed by atoms with Crippen LogP contribution in [0.1, 0.15) is 66.2 Å². The van der Waals surface area contributed by atoms with Crippen molar-refractivity contribution in [3.63, 3.8) is 0 Å². The highest BCUT2D eigenvalue weighted by atomic mass is 16.7. The second-order valence-electron chi connectivity index (χ2n) is 6.73. The van der Waals surface area contributed by atoms with E-state index in [2.05, 4.69) is 44.9 Å². The Hall–Kier alpha value is -0.340. The smallest absolute Gasteiger partial charge is 0.0794 e. The quantitative estimate of drug-likeness (QED) is 0.671. The topological polar surface area (TPSA) is 12.5 Å². The van der Waals surface area contributed by atoms with Crippen molar-refractivity contribution in [2.75, 3.05) is 0 Å². The van der Waals surface area contributed by atoms with E-state index in [0.29, 0.717) is 6.10 Å². The van der Waals surface area contributed by atoms with Crippen LogP contribution in [0, 0.1) is 0 Å². The molecule has 0 N–H and O–H groups in total. The Morgan fingerprint density at radius 3 is 2.29 bits per heavy atom. The summed E-state index contributed by atoms with van der Waals surface area (Å²) in [7, 11) is 0. The molecule has 0 aromatic rings. The van der Waals surface area contributed by atoms with Gasteiger partial charge in [0.05, 0.1) is 11.6 Å². The van der Waals surface area contributed by atoms with Crippen LogP contribution >= 0.6 is 0 Å². The molecule has 2 aliphatic rings. The maximum Gasteiger partial charge on any atom is 0.0794 e. The van der Waals surface area contributed by atoms with Crippen molar-refractivity contribution in [3.8, 4) is 0 Å². The molecular formula is C15H27NO. The first-order valence-electron chi connectivity index (χ1n) is 7.07. The molecule has 1 saturated carbocycles. The minimum Gasteiger partial charge on any atom is -0.294 e. The first kappa shape index (κ1) is 13.1. The van der Waals surface area contributed by atoms with E-state index in [-0.39, 0.29) is 11.1 Å². The van der Waals surface area contributed by atoms with Crippen molar-refractivity contribution in [2.24, 2.45) is 0 Å². The molecule has 0 atom stereocenters. The second kappa shape index (κ2) is 4.74. The highest BCUT2D eigenvalue weighted by Crippen LogP contribution is 2.36. The molecule has 1 heterocycles. The molecule has 17 heavy (non-hydrogen) atoms. The lowest BCUT2D eigenvalue weighted by molar-refractivity contribution is -0.287. The molecule has 0 radical (unpaired) electrons. The summed E-state index contributed by atoms with van der Waals surface area (Å²) in [6.07, 6.45) is 12.6. The Balaban J connectivity index is 2.07. The fourth-order valence-electron chi connectivity index (χ4n) is 3.16. The summed E-state index contributed by atoms with van der Waals surface area (Å²) < 4.78 is 0. The normalized spacial score (nSPS) is 29.4. The van der Waals surface area contributed by atoms with E-state index in [4.69, 9.17) is 4.84 Å². The molecule has 0 bridgehead atoms. The van der Waals surface area contributed by atoms with Crippen LogP contribution in [0.2, 0.25) is 0 Å². The Morgan fingerprint density at radius 2 is 1.71 bits per heavy atom. The van der Waals surface area contributed by atoms with Crippen LogP contribution in [0.25, 0.3) is 0 Å². The van der Waals surface area contributed by atoms with Gasteiger partial charge in [-0.15, -0.1) is 0 Å². The lowest BCUT2D eigenvalue weighted by atomic mass is 9.87. The van der Waals surface area contributed by atoms with Gasteiger partial charge in [-0.2, -0.15) is 5.06 Å². The van der Waals surface area contributed by atoms with Crippen LogP contribution in [-0.4, -0.2) is 22.2 Å². The van der Waals surface area contributed by atoms with E-state index >= 15 is 0 Å². The monoisotopic (exact) mass is 237 g/mol. The summed E-state index contributed by atoms with van der Waals surface area (Å²) in [5.41, 5.74) is 0.120. The maximum absolute atomic E-state index is 6.34. The van der Waals surface area contributed by atoms with Crippen molar-refractivity contribution in [1.82, 2.24) is 5.06 Å². The van der Waals surface area contributed by atoms with E-state index in [0.717, 1.165) is 6.42 Å². The number of hydrogen-bond donors (Lipinski definition) is 0.